The van der Waals surface area contributed by atoms with Crippen LogP contribution in [0.5, 0.6) is 11.5 Å². The molecular formula is C44H56N8O6. The van der Waals surface area contributed by atoms with Crippen LogP contribution in [0, 0.1) is 22.7 Å². The Bertz CT molecular complexity index is 2040. The quantitative estimate of drug-likeness (QED) is 0.212. The lowest BCUT2D eigenvalue weighted by molar-refractivity contribution is -0.121. The third kappa shape index (κ3) is 8.19. The van der Waals surface area contributed by atoms with E-state index in [0.29, 0.717) is 46.1 Å². The number of likely N-dealkylation sites (N-methyl/N-ethyl adjacent to an activating group) is 2. The molecule has 2 aliphatic heterocycles. The summed E-state index contributed by atoms with van der Waals surface area (Å²) in [6.45, 7) is 13.6. The third-order valence-electron chi connectivity index (χ3n) is 12.3. The van der Waals surface area contributed by atoms with Gasteiger partial charge in [0, 0.05) is 36.6 Å². The number of hydrogen-bond acceptors (Lipinski definition) is 8. The number of hydrogen-bond donors (Lipinski definition) is 4. The second kappa shape index (κ2) is 15.9. The molecule has 0 radical (unpaired) electrons. The summed E-state index contributed by atoms with van der Waals surface area (Å²) in [5.41, 5.74) is 6.54. The van der Waals surface area contributed by atoms with Gasteiger partial charge in [-0.25, -0.2) is 0 Å². The summed E-state index contributed by atoms with van der Waals surface area (Å²) in [7, 11) is 3.39. The Hall–Kier alpha value is -5.66. The van der Waals surface area contributed by atoms with Crippen molar-refractivity contribution in [2.75, 3.05) is 37.1 Å². The van der Waals surface area contributed by atoms with Crippen molar-refractivity contribution in [3.8, 4) is 11.5 Å². The van der Waals surface area contributed by atoms with E-state index in [4.69, 9.17) is 9.47 Å². The van der Waals surface area contributed by atoms with Crippen molar-refractivity contribution < 1.29 is 28.7 Å². The molecule has 0 saturated carbocycles. The first-order chi connectivity index (χ1) is 27.5. The van der Waals surface area contributed by atoms with Crippen molar-refractivity contribution in [1.29, 1.82) is 0 Å². The van der Waals surface area contributed by atoms with Crippen LogP contribution in [-0.2, 0) is 35.3 Å². The molecule has 308 valence electrons. The first kappa shape index (κ1) is 40.5. The predicted molar refractivity (Wildman–Crippen MR) is 220 cm³/mol. The molecule has 58 heavy (non-hydrogen) atoms. The Balaban J connectivity index is 0.000000177. The maximum absolute atomic E-state index is 13.0. The van der Waals surface area contributed by atoms with Crippen molar-refractivity contribution in [1.82, 2.24) is 31.0 Å². The minimum atomic E-state index is -0.769. The third-order valence-corrected chi connectivity index (χ3v) is 12.3. The van der Waals surface area contributed by atoms with Crippen LogP contribution < -0.4 is 29.9 Å². The number of anilines is 2. The lowest BCUT2D eigenvalue weighted by atomic mass is 9.71. The van der Waals surface area contributed by atoms with E-state index in [1.807, 2.05) is 48.5 Å². The van der Waals surface area contributed by atoms with Gasteiger partial charge in [0.1, 0.15) is 36.8 Å². The molecule has 14 nitrogen and oxygen atoms in total. The van der Waals surface area contributed by atoms with E-state index < -0.39 is 12.1 Å². The fraction of sp³-hybridized carbons (Fsp3) is 0.500. The number of aromatic nitrogens is 4. The second-order valence-corrected chi connectivity index (χ2v) is 18.1. The summed E-state index contributed by atoms with van der Waals surface area (Å²) in [6, 6.07) is 13.2. The number of benzene rings is 2. The van der Waals surface area contributed by atoms with Crippen LogP contribution in [0.25, 0.3) is 0 Å². The van der Waals surface area contributed by atoms with Gasteiger partial charge < -0.3 is 29.9 Å². The van der Waals surface area contributed by atoms with Crippen LogP contribution in [-0.4, -0.2) is 83.4 Å². The number of carbonyl (C=O) groups is 4. The van der Waals surface area contributed by atoms with Gasteiger partial charge in [0.2, 0.25) is 0 Å². The average molecular weight is 793 g/mol. The molecule has 4 aliphatic rings. The molecule has 2 aromatic heterocycles. The molecular weight excluding hydrogens is 737 g/mol. The topological polar surface area (TPSA) is 175 Å². The van der Waals surface area contributed by atoms with Crippen LogP contribution in [0.1, 0.15) is 97.9 Å². The Morgan fingerprint density at radius 2 is 1.03 bits per heavy atom. The molecule has 0 saturated heterocycles. The first-order valence-electron chi connectivity index (χ1n) is 20.2. The van der Waals surface area contributed by atoms with E-state index in [1.54, 1.807) is 14.1 Å². The average Bonchev–Trinajstić information content (AvgIpc) is 3.78. The van der Waals surface area contributed by atoms with Crippen LogP contribution in [0.3, 0.4) is 0 Å². The molecule has 2 aromatic carbocycles. The standard InChI is InChI=1S/2C22H28N4O3/c2*1-22(2,3)13-9-10-15-14(11-13)19(25-24-15)20(27)23-16-12-29-18-8-6-5-7-17(18)26(4)21(16)28/h2*5-8,13,16H,9-12H2,1-4H3,(H,23,27)(H,24,25)/t13-,16+;13-,16-/m10/s1. The Morgan fingerprint density at radius 1 is 0.655 bits per heavy atom. The lowest BCUT2D eigenvalue weighted by Crippen LogP contribution is -2.49. The summed E-state index contributed by atoms with van der Waals surface area (Å²) in [5.74, 6) is 1.15. The fourth-order valence-electron chi connectivity index (χ4n) is 8.41. The molecule has 8 rings (SSSR count). The first-order valence-corrected chi connectivity index (χ1v) is 20.2. The zero-order valence-corrected chi connectivity index (χ0v) is 34.8. The minimum Gasteiger partial charge on any atom is -0.489 e. The summed E-state index contributed by atoms with van der Waals surface area (Å²) in [6.07, 6.45) is 5.58. The number of amides is 4. The summed E-state index contributed by atoms with van der Waals surface area (Å²) in [5, 5.41) is 20.3. The van der Waals surface area contributed by atoms with Crippen molar-refractivity contribution in [3.63, 3.8) is 0 Å². The zero-order chi connectivity index (χ0) is 41.5. The van der Waals surface area contributed by atoms with E-state index in [-0.39, 0.29) is 47.7 Å². The number of para-hydroxylation sites is 4. The highest BCUT2D eigenvalue weighted by atomic mass is 16.5. The zero-order valence-electron chi connectivity index (χ0n) is 34.8. The molecule has 2 aliphatic carbocycles. The lowest BCUT2D eigenvalue weighted by Gasteiger charge is -2.33. The molecule has 0 unspecified atom stereocenters. The van der Waals surface area contributed by atoms with Gasteiger partial charge in [-0.2, -0.15) is 10.2 Å². The van der Waals surface area contributed by atoms with Crippen molar-refractivity contribution >= 4 is 35.0 Å². The number of ether oxygens (including phenoxy) is 2. The molecule has 0 fully saturated rings. The summed E-state index contributed by atoms with van der Waals surface area (Å²) < 4.78 is 11.6. The largest absolute Gasteiger partial charge is 0.489 e. The van der Waals surface area contributed by atoms with Gasteiger partial charge in [-0.05, 0) is 85.5 Å². The Labute approximate surface area is 339 Å². The number of aryl methyl sites for hydroxylation is 2. The summed E-state index contributed by atoms with van der Waals surface area (Å²) in [4.78, 5) is 54.9. The van der Waals surface area contributed by atoms with Gasteiger partial charge in [0.05, 0.1) is 11.4 Å². The van der Waals surface area contributed by atoms with Crippen molar-refractivity contribution in [2.24, 2.45) is 22.7 Å². The number of aromatic amines is 2. The van der Waals surface area contributed by atoms with Gasteiger partial charge in [-0.15, -0.1) is 0 Å². The van der Waals surface area contributed by atoms with E-state index in [2.05, 4.69) is 72.6 Å². The van der Waals surface area contributed by atoms with Crippen LogP contribution >= 0.6 is 0 Å². The van der Waals surface area contributed by atoms with Gasteiger partial charge in [-0.3, -0.25) is 29.4 Å². The smallest absolute Gasteiger partial charge is 0.272 e. The van der Waals surface area contributed by atoms with E-state index in [1.165, 1.54) is 9.80 Å². The molecule has 4 heterocycles. The van der Waals surface area contributed by atoms with Gasteiger partial charge in [0.15, 0.2) is 11.4 Å². The Morgan fingerprint density at radius 3 is 1.41 bits per heavy atom. The highest BCUT2D eigenvalue weighted by Crippen LogP contribution is 2.39. The van der Waals surface area contributed by atoms with E-state index in [9.17, 15) is 19.2 Å². The van der Waals surface area contributed by atoms with Crippen molar-refractivity contribution in [2.45, 2.75) is 92.2 Å². The number of nitrogens with one attached hydrogen (secondary N) is 4. The van der Waals surface area contributed by atoms with Gasteiger partial charge in [-0.1, -0.05) is 65.8 Å². The molecule has 0 spiro atoms. The minimum absolute atomic E-state index is 0.0865. The molecule has 4 N–H and O–H groups in total. The predicted octanol–water partition coefficient (Wildman–Crippen LogP) is 5.43. The van der Waals surface area contributed by atoms with Crippen molar-refractivity contribution in [3.05, 3.63) is 82.4 Å². The number of fused-ring (bicyclic) bond motifs is 4. The molecule has 14 heteroatoms. The normalized spacial score (nSPS) is 21.7. The van der Waals surface area contributed by atoms with Gasteiger partial charge in [0.25, 0.3) is 23.6 Å². The molecule has 4 aromatic rings. The van der Waals surface area contributed by atoms with Crippen LogP contribution in [0.15, 0.2) is 48.5 Å². The highest BCUT2D eigenvalue weighted by molar-refractivity contribution is 6.04. The second-order valence-electron chi connectivity index (χ2n) is 18.1. The molecule has 0 bridgehead atoms. The van der Waals surface area contributed by atoms with Crippen LogP contribution in [0.4, 0.5) is 11.4 Å². The Kier molecular flexibility index (Phi) is 11.1. The molecule has 4 amide bonds. The van der Waals surface area contributed by atoms with E-state index >= 15 is 0 Å². The maximum Gasteiger partial charge on any atom is 0.272 e. The fourth-order valence-corrected chi connectivity index (χ4v) is 8.41. The van der Waals surface area contributed by atoms with Gasteiger partial charge >= 0.3 is 0 Å². The SMILES string of the molecule is CN1C(=O)[C@@H](NC(=O)c2n[nH]c3c2C[C@@H](C(C)(C)C)CC3)COc2ccccc21.CN1C(=O)[C@@H](NC(=O)c2n[nH]c3c2C[C@H](C(C)(C)C)CC3)COc2ccccc21. The summed E-state index contributed by atoms with van der Waals surface area (Å²) >= 11 is 0. The van der Waals surface area contributed by atoms with E-state index in [0.717, 1.165) is 61.0 Å². The van der Waals surface area contributed by atoms with Crippen LogP contribution in [0.2, 0.25) is 0 Å². The number of carbonyl (C=O) groups excluding carboxylic acids is 4. The highest BCUT2D eigenvalue weighted by Gasteiger charge is 2.37. The number of rotatable bonds is 4. The molecule has 4 atom stereocenters. The monoisotopic (exact) mass is 792 g/mol. The number of H-pyrrole nitrogens is 2. The maximum atomic E-state index is 13.0. The number of nitrogens with zero attached hydrogens (tertiary/aromatic N) is 4.